The van der Waals surface area contributed by atoms with E-state index in [2.05, 4.69) is 10.2 Å². The van der Waals surface area contributed by atoms with Gasteiger partial charge in [-0.3, -0.25) is 4.90 Å². The lowest BCUT2D eigenvalue weighted by molar-refractivity contribution is -0.0291. The van der Waals surface area contributed by atoms with Crippen LogP contribution in [0.25, 0.3) is 0 Å². The van der Waals surface area contributed by atoms with Crippen molar-refractivity contribution in [1.82, 2.24) is 10.2 Å². The van der Waals surface area contributed by atoms with Crippen molar-refractivity contribution in [2.24, 2.45) is 0 Å². The van der Waals surface area contributed by atoms with Crippen LogP contribution in [0.4, 0.5) is 0 Å². The van der Waals surface area contributed by atoms with E-state index < -0.39 is 0 Å². The lowest BCUT2D eigenvalue weighted by Gasteiger charge is -2.32. The molecule has 0 saturated carbocycles. The van der Waals surface area contributed by atoms with Gasteiger partial charge < -0.3 is 14.8 Å². The third-order valence-corrected chi connectivity index (χ3v) is 3.74. The molecule has 20 heavy (non-hydrogen) atoms. The largest absolute Gasteiger partial charge is 0.491 e. The Bertz CT molecular complexity index is 430. The molecule has 0 amide bonds. The monoisotopic (exact) mass is 318 g/mol. The van der Waals surface area contributed by atoms with Crippen molar-refractivity contribution in [3.63, 3.8) is 0 Å². The molecule has 0 radical (unpaired) electrons. The fraction of sp³-hybridized carbons (Fsp3) is 0.571. The summed E-state index contributed by atoms with van der Waals surface area (Å²) in [6, 6.07) is 5.27. The normalized spacial score (nSPS) is 20.1. The Labute approximate surface area is 129 Å². The Kier molecular flexibility index (Phi) is 6.39. The quantitative estimate of drug-likeness (QED) is 0.872. The van der Waals surface area contributed by atoms with Crippen molar-refractivity contribution in [2.75, 3.05) is 46.4 Å². The number of hydrogen-bond donors (Lipinski definition) is 1. The highest BCUT2D eigenvalue weighted by atomic mass is 35.5. The van der Waals surface area contributed by atoms with Crippen molar-refractivity contribution in [3.05, 3.63) is 28.2 Å². The summed E-state index contributed by atoms with van der Waals surface area (Å²) in [6.07, 6.45) is 0.257. The van der Waals surface area contributed by atoms with Gasteiger partial charge in [0.25, 0.3) is 0 Å². The first-order chi connectivity index (χ1) is 9.69. The van der Waals surface area contributed by atoms with Gasteiger partial charge in [0, 0.05) is 31.2 Å². The van der Waals surface area contributed by atoms with Gasteiger partial charge in [0.15, 0.2) is 0 Å². The van der Waals surface area contributed by atoms with Gasteiger partial charge in [-0.1, -0.05) is 23.2 Å². The molecule has 1 saturated heterocycles. The van der Waals surface area contributed by atoms with E-state index in [1.165, 1.54) is 0 Å². The van der Waals surface area contributed by atoms with Crippen LogP contribution in [0.1, 0.15) is 0 Å². The smallest absolute Gasteiger partial charge is 0.138 e. The Hall–Kier alpha value is -0.520. The molecule has 1 aliphatic rings. The summed E-state index contributed by atoms with van der Waals surface area (Å²) in [5.41, 5.74) is 0. The second-order valence-electron chi connectivity index (χ2n) is 4.77. The Morgan fingerprint density at radius 2 is 2.30 bits per heavy atom. The average molecular weight is 319 g/mol. The molecule has 0 spiro atoms. The van der Waals surface area contributed by atoms with E-state index in [1.54, 1.807) is 18.2 Å². The number of halogens is 2. The lowest BCUT2D eigenvalue weighted by Crippen LogP contribution is -2.47. The first-order valence-corrected chi connectivity index (χ1v) is 7.51. The number of morpholine rings is 1. The fourth-order valence-corrected chi connectivity index (χ4v) is 2.67. The van der Waals surface area contributed by atoms with Crippen LogP contribution in [0.3, 0.4) is 0 Å². The predicted octanol–water partition coefficient (Wildman–Crippen LogP) is 2.29. The summed E-state index contributed by atoms with van der Waals surface area (Å²) in [4.78, 5) is 2.34. The maximum atomic E-state index is 6.06. The topological polar surface area (TPSA) is 33.7 Å². The summed E-state index contributed by atoms with van der Waals surface area (Å²) >= 11 is 11.9. The van der Waals surface area contributed by atoms with Crippen LogP contribution in [-0.4, -0.2) is 57.4 Å². The number of nitrogens with one attached hydrogen (secondary N) is 1. The molecule has 1 atom stereocenters. The van der Waals surface area contributed by atoms with Crippen molar-refractivity contribution in [3.8, 4) is 5.75 Å². The van der Waals surface area contributed by atoms with Crippen molar-refractivity contribution in [2.45, 2.75) is 6.10 Å². The second-order valence-corrected chi connectivity index (χ2v) is 5.62. The van der Waals surface area contributed by atoms with Crippen LogP contribution >= 0.6 is 23.2 Å². The molecule has 1 aromatic carbocycles. The maximum absolute atomic E-state index is 6.06. The van der Waals surface area contributed by atoms with Crippen molar-refractivity contribution >= 4 is 23.2 Å². The molecule has 1 N–H and O–H groups in total. The van der Waals surface area contributed by atoms with E-state index in [4.69, 9.17) is 32.7 Å². The molecule has 0 bridgehead atoms. The lowest BCUT2D eigenvalue weighted by atomic mass is 10.2. The van der Waals surface area contributed by atoms with E-state index in [9.17, 15) is 0 Å². The zero-order valence-electron chi connectivity index (χ0n) is 11.6. The molecule has 112 valence electrons. The predicted molar refractivity (Wildman–Crippen MR) is 82.1 cm³/mol. The first-order valence-electron chi connectivity index (χ1n) is 6.75. The minimum atomic E-state index is 0.257. The van der Waals surface area contributed by atoms with E-state index >= 15 is 0 Å². The van der Waals surface area contributed by atoms with Crippen LogP contribution < -0.4 is 10.1 Å². The zero-order valence-corrected chi connectivity index (χ0v) is 13.1. The minimum absolute atomic E-state index is 0.257. The number of nitrogens with zero attached hydrogens (tertiary/aromatic N) is 1. The summed E-state index contributed by atoms with van der Waals surface area (Å²) in [6.45, 7) is 4.99. The van der Waals surface area contributed by atoms with Crippen molar-refractivity contribution < 1.29 is 9.47 Å². The molecule has 4 nitrogen and oxygen atoms in total. The van der Waals surface area contributed by atoms with Gasteiger partial charge in [-0.15, -0.1) is 0 Å². The summed E-state index contributed by atoms with van der Waals surface area (Å²) < 4.78 is 11.4. The molecule has 1 aromatic rings. The SMILES string of the molecule is CNCC1CN(CCOc2ccc(Cl)cc2Cl)CCO1. The molecule has 2 rings (SSSR count). The third kappa shape index (κ3) is 4.79. The Morgan fingerprint density at radius 1 is 1.45 bits per heavy atom. The van der Waals surface area contributed by atoms with Gasteiger partial charge in [-0.05, 0) is 25.2 Å². The van der Waals surface area contributed by atoms with Crippen molar-refractivity contribution in [1.29, 1.82) is 0 Å². The van der Waals surface area contributed by atoms with Gasteiger partial charge in [0.2, 0.25) is 0 Å². The minimum Gasteiger partial charge on any atom is -0.491 e. The highest BCUT2D eigenvalue weighted by molar-refractivity contribution is 6.35. The van der Waals surface area contributed by atoms with Gasteiger partial charge in [0.1, 0.15) is 12.4 Å². The van der Waals surface area contributed by atoms with E-state index in [-0.39, 0.29) is 6.10 Å². The van der Waals surface area contributed by atoms with Gasteiger partial charge in [0.05, 0.1) is 17.7 Å². The Morgan fingerprint density at radius 3 is 3.05 bits per heavy atom. The molecule has 6 heteroatoms. The summed E-state index contributed by atoms with van der Waals surface area (Å²) in [7, 11) is 1.94. The molecular formula is C14H20Cl2N2O2. The highest BCUT2D eigenvalue weighted by Crippen LogP contribution is 2.27. The van der Waals surface area contributed by atoms with Gasteiger partial charge in [-0.25, -0.2) is 0 Å². The number of ether oxygens (including phenoxy) is 2. The molecule has 0 aliphatic carbocycles. The standard InChI is InChI=1S/C14H20Cl2N2O2/c1-17-9-12-10-18(4-6-19-12)5-7-20-14-3-2-11(15)8-13(14)16/h2-3,8,12,17H,4-7,9-10H2,1H3. The van der Waals surface area contributed by atoms with Crippen LogP contribution in [0, 0.1) is 0 Å². The molecule has 1 fully saturated rings. The number of benzene rings is 1. The van der Waals surface area contributed by atoms with Gasteiger partial charge in [-0.2, -0.15) is 0 Å². The summed E-state index contributed by atoms with van der Waals surface area (Å²) in [5, 5.41) is 4.30. The first kappa shape index (κ1) is 15.9. The maximum Gasteiger partial charge on any atom is 0.138 e. The molecule has 1 aliphatic heterocycles. The van der Waals surface area contributed by atoms with Gasteiger partial charge >= 0.3 is 0 Å². The number of likely N-dealkylation sites (N-methyl/N-ethyl adjacent to an activating group) is 1. The molecule has 1 unspecified atom stereocenters. The van der Waals surface area contributed by atoms with Crippen LogP contribution in [0.2, 0.25) is 10.0 Å². The molecular weight excluding hydrogens is 299 g/mol. The third-order valence-electron chi connectivity index (χ3n) is 3.21. The fourth-order valence-electron chi connectivity index (χ4n) is 2.21. The number of hydrogen-bond acceptors (Lipinski definition) is 4. The molecule has 1 heterocycles. The molecule has 0 aromatic heterocycles. The van der Waals surface area contributed by atoms with Crippen LogP contribution in [0.15, 0.2) is 18.2 Å². The summed E-state index contributed by atoms with van der Waals surface area (Å²) in [5.74, 6) is 0.677. The van der Waals surface area contributed by atoms with Crippen LogP contribution in [0.5, 0.6) is 5.75 Å². The highest BCUT2D eigenvalue weighted by Gasteiger charge is 2.19. The van der Waals surface area contributed by atoms with E-state index in [0.717, 1.165) is 32.8 Å². The van der Waals surface area contributed by atoms with Crippen LogP contribution in [-0.2, 0) is 4.74 Å². The number of rotatable bonds is 6. The average Bonchev–Trinajstić information content (AvgIpc) is 2.42. The van der Waals surface area contributed by atoms with E-state index in [1.807, 2.05) is 7.05 Å². The zero-order chi connectivity index (χ0) is 14.4. The van der Waals surface area contributed by atoms with E-state index in [0.29, 0.717) is 22.4 Å². The second kappa shape index (κ2) is 8.05. The Balaban J connectivity index is 1.75.